The Kier molecular flexibility index (Phi) is 5.27. The minimum absolute atomic E-state index is 0.305. The number of nitrogens with two attached hydrogens (primary N) is 1. The number of hydrogen-bond acceptors (Lipinski definition) is 5. The van der Waals surface area contributed by atoms with Crippen molar-refractivity contribution in [3.05, 3.63) is 69.7 Å². The van der Waals surface area contributed by atoms with Gasteiger partial charge < -0.3 is 20.2 Å². The van der Waals surface area contributed by atoms with Crippen LogP contribution in [0, 0.1) is 13.8 Å². The molecular weight excluding hydrogens is 414 g/mol. The van der Waals surface area contributed by atoms with Crippen LogP contribution < -0.4 is 15.8 Å². The third-order valence-corrected chi connectivity index (χ3v) is 4.70. The fourth-order valence-electron chi connectivity index (χ4n) is 2.46. The standard InChI is InChI=1S/C19H16BrN3O4/c1-10-16(17(20)11(2)26-10)19(25)23-13-6-7-15(22-9-13)27-14-5-3-4-12(8-14)18(21)24/h3-9H,1-2H3,(H2,21,24)(H,23,25). The van der Waals surface area contributed by atoms with E-state index in [0.717, 1.165) is 0 Å². The fraction of sp³-hybridized carbons (Fsp3) is 0.105. The number of pyridine rings is 1. The second kappa shape index (κ2) is 7.63. The Morgan fingerprint density at radius 2 is 1.96 bits per heavy atom. The maximum absolute atomic E-state index is 12.4. The number of carbonyl (C=O) groups excluding carboxylic acids is 2. The maximum Gasteiger partial charge on any atom is 0.260 e. The van der Waals surface area contributed by atoms with E-state index in [9.17, 15) is 9.59 Å². The number of rotatable bonds is 5. The molecule has 0 bridgehead atoms. The van der Waals surface area contributed by atoms with Gasteiger partial charge in [-0.25, -0.2) is 4.98 Å². The minimum atomic E-state index is -0.539. The summed E-state index contributed by atoms with van der Waals surface area (Å²) in [5, 5.41) is 2.76. The molecule has 8 heteroatoms. The lowest BCUT2D eigenvalue weighted by atomic mass is 10.2. The number of aryl methyl sites for hydroxylation is 2. The molecular formula is C19H16BrN3O4. The van der Waals surface area contributed by atoms with Crippen LogP contribution in [-0.2, 0) is 0 Å². The first-order valence-corrected chi connectivity index (χ1v) is 8.75. The van der Waals surface area contributed by atoms with Gasteiger partial charge in [0.2, 0.25) is 11.8 Å². The summed E-state index contributed by atoms with van der Waals surface area (Å²) < 4.78 is 11.7. The summed E-state index contributed by atoms with van der Waals surface area (Å²) in [5.74, 6) is 1.07. The number of aromatic nitrogens is 1. The van der Waals surface area contributed by atoms with Crippen LogP contribution in [0.3, 0.4) is 0 Å². The van der Waals surface area contributed by atoms with Gasteiger partial charge in [0.15, 0.2) is 0 Å². The topological polar surface area (TPSA) is 107 Å². The second-order valence-electron chi connectivity index (χ2n) is 5.74. The van der Waals surface area contributed by atoms with E-state index < -0.39 is 5.91 Å². The smallest absolute Gasteiger partial charge is 0.260 e. The highest BCUT2D eigenvalue weighted by atomic mass is 79.9. The van der Waals surface area contributed by atoms with Crippen molar-refractivity contribution in [1.82, 2.24) is 4.98 Å². The average Bonchev–Trinajstić information content (AvgIpc) is 2.89. The number of primary amides is 1. The molecule has 3 N–H and O–H groups in total. The monoisotopic (exact) mass is 429 g/mol. The molecule has 0 aliphatic rings. The highest BCUT2D eigenvalue weighted by Gasteiger charge is 2.20. The second-order valence-corrected chi connectivity index (χ2v) is 6.53. The zero-order chi connectivity index (χ0) is 19.6. The predicted molar refractivity (Wildman–Crippen MR) is 103 cm³/mol. The Balaban J connectivity index is 1.71. The molecule has 0 atom stereocenters. The number of halogens is 1. The van der Waals surface area contributed by atoms with Crippen molar-refractivity contribution < 1.29 is 18.7 Å². The molecule has 0 radical (unpaired) electrons. The van der Waals surface area contributed by atoms with Crippen molar-refractivity contribution in [2.45, 2.75) is 13.8 Å². The van der Waals surface area contributed by atoms with Crippen LogP contribution in [0.4, 0.5) is 5.69 Å². The molecule has 2 heterocycles. The van der Waals surface area contributed by atoms with Gasteiger partial charge in [-0.1, -0.05) is 6.07 Å². The maximum atomic E-state index is 12.4. The van der Waals surface area contributed by atoms with Crippen LogP contribution in [0.5, 0.6) is 11.6 Å². The molecule has 2 aromatic heterocycles. The highest BCUT2D eigenvalue weighted by Crippen LogP contribution is 2.28. The Morgan fingerprint density at radius 3 is 2.56 bits per heavy atom. The average molecular weight is 430 g/mol. The van der Waals surface area contributed by atoms with Gasteiger partial charge in [-0.15, -0.1) is 0 Å². The van der Waals surface area contributed by atoms with E-state index in [4.69, 9.17) is 14.9 Å². The molecule has 2 amide bonds. The number of anilines is 1. The first-order chi connectivity index (χ1) is 12.8. The molecule has 0 spiro atoms. The third kappa shape index (κ3) is 4.17. The summed E-state index contributed by atoms with van der Waals surface area (Å²) >= 11 is 3.36. The summed E-state index contributed by atoms with van der Waals surface area (Å²) in [6, 6.07) is 9.74. The van der Waals surface area contributed by atoms with Crippen molar-refractivity contribution in [3.63, 3.8) is 0 Å². The lowest BCUT2D eigenvalue weighted by Gasteiger charge is -2.08. The van der Waals surface area contributed by atoms with Crippen molar-refractivity contribution >= 4 is 33.4 Å². The Labute approximate surface area is 163 Å². The van der Waals surface area contributed by atoms with E-state index in [1.165, 1.54) is 12.3 Å². The van der Waals surface area contributed by atoms with Crippen LogP contribution in [0.25, 0.3) is 0 Å². The van der Waals surface area contributed by atoms with E-state index in [1.807, 2.05) is 0 Å². The molecule has 0 aliphatic heterocycles. The van der Waals surface area contributed by atoms with Crippen LogP contribution in [0.1, 0.15) is 32.2 Å². The van der Waals surface area contributed by atoms with Gasteiger partial charge in [0.1, 0.15) is 17.3 Å². The summed E-state index contributed by atoms with van der Waals surface area (Å²) in [7, 11) is 0. The van der Waals surface area contributed by atoms with E-state index >= 15 is 0 Å². The van der Waals surface area contributed by atoms with Gasteiger partial charge in [-0.3, -0.25) is 9.59 Å². The molecule has 0 aliphatic carbocycles. The SMILES string of the molecule is Cc1oc(C)c(C(=O)Nc2ccc(Oc3cccc(C(N)=O)c3)nc2)c1Br. The summed E-state index contributed by atoms with van der Waals surface area (Å²) in [6.45, 7) is 3.50. The number of hydrogen-bond donors (Lipinski definition) is 2. The molecule has 0 saturated heterocycles. The van der Waals surface area contributed by atoms with E-state index in [1.54, 1.807) is 44.2 Å². The number of carbonyl (C=O) groups is 2. The van der Waals surface area contributed by atoms with E-state index in [2.05, 4.69) is 26.2 Å². The largest absolute Gasteiger partial charge is 0.465 e. The van der Waals surface area contributed by atoms with E-state index in [-0.39, 0.29) is 5.91 Å². The fourth-order valence-corrected chi connectivity index (χ4v) is 3.00. The van der Waals surface area contributed by atoms with Crippen LogP contribution in [0.15, 0.2) is 51.5 Å². The van der Waals surface area contributed by atoms with Gasteiger partial charge in [0, 0.05) is 11.6 Å². The molecule has 138 valence electrons. The summed E-state index contributed by atoms with van der Waals surface area (Å²) in [4.78, 5) is 27.8. The summed E-state index contributed by atoms with van der Waals surface area (Å²) in [6.07, 6.45) is 1.47. The van der Waals surface area contributed by atoms with Gasteiger partial charge in [-0.05, 0) is 54.0 Å². The van der Waals surface area contributed by atoms with Crippen molar-refractivity contribution in [2.75, 3.05) is 5.32 Å². The zero-order valence-corrected chi connectivity index (χ0v) is 16.2. The molecule has 0 unspecified atom stereocenters. The molecule has 0 saturated carbocycles. The van der Waals surface area contributed by atoms with Crippen molar-refractivity contribution in [1.29, 1.82) is 0 Å². The Morgan fingerprint density at radius 1 is 1.19 bits per heavy atom. The number of amides is 2. The number of benzene rings is 1. The molecule has 3 rings (SSSR count). The molecule has 7 nitrogen and oxygen atoms in total. The summed E-state index contributed by atoms with van der Waals surface area (Å²) in [5.41, 5.74) is 6.54. The van der Waals surface area contributed by atoms with Crippen LogP contribution in [0.2, 0.25) is 0 Å². The number of nitrogens with zero attached hydrogens (tertiary/aromatic N) is 1. The van der Waals surface area contributed by atoms with Crippen molar-refractivity contribution in [3.8, 4) is 11.6 Å². The Hall–Kier alpha value is -3.13. The number of furan rings is 1. The van der Waals surface area contributed by atoms with Gasteiger partial charge in [0.05, 0.1) is 21.9 Å². The molecule has 0 fully saturated rings. The van der Waals surface area contributed by atoms with E-state index in [0.29, 0.717) is 44.4 Å². The molecule has 1 aromatic carbocycles. The first-order valence-electron chi connectivity index (χ1n) is 7.95. The third-order valence-electron chi connectivity index (χ3n) is 3.75. The van der Waals surface area contributed by atoms with Crippen LogP contribution >= 0.6 is 15.9 Å². The predicted octanol–water partition coefficient (Wildman–Crippen LogP) is 4.20. The highest BCUT2D eigenvalue weighted by molar-refractivity contribution is 9.10. The lowest BCUT2D eigenvalue weighted by molar-refractivity contribution is 0.0997. The van der Waals surface area contributed by atoms with Crippen molar-refractivity contribution in [2.24, 2.45) is 5.73 Å². The minimum Gasteiger partial charge on any atom is -0.465 e. The lowest BCUT2D eigenvalue weighted by Crippen LogP contribution is -2.13. The number of ether oxygens (including phenoxy) is 1. The quantitative estimate of drug-likeness (QED) is 0.631. The van der Waals surface area contributed by atoms with Gasteiger partial charge in [0.25, 0.3) is 5.91 Å². The first kappa shape index (κ1) is 18.7. The van der Waals surface area contributed by atoms with Crippen LogP contribution in [-0.4, -0.2) is 16.8 Å². The molecule has 3 aromatic rings. The zero-order valence-electron chi connectivity index (χ0n) is 14.6. The normalized spacial score (nSPS) is 10.5. The van der Waals surface area contributed by atoms with Gasteiger partial charge in [-0.2, -0.15) is 0 Å². The number of nitrogens with one attached hydrogen (secondary N) is 1. The van der Waals surface area contributed by atoms with Gasteiger partial charge >= 0.3 is 0 Å². The molecule has 27 heavy (non-hydrogen) atoms. The Bertz CT molecular complexity index is 1010.